The summed E-state index contributed by atoms with van der Waals surface area (Å²) in [5.74, 6) is 1.46. The minimum absolute atomic E-state index is 0.0571. The zero-order valence-corrected chi connectivity index (χ0v) is 10.7. The van der Waals surface area contributed by atoms with Crippen molar-refractivity contribution in [2.45, 2.75) is 19.8 Å². The van der Waals surface area contributed by atoms with Gasteiger partial charge in [-0.15, -0.1) is 0 Å². The van der Waals surface area contributed by atoms with Crippen molar-refractivity contribution in [3.63, 3.8) is 0 Å². The van der Waals surface area contributed by atoms with Crippen molar-refractivity contribution in [2.24, 2.45) is 5.92 Å². The summed E-state index contributed by atoms with van der Waals surface area (Å²) in [4.78, 5) is 10.9. The lowest BCUT2D eigenvalue weighted by atomic mass is 9.99. The van der Waals surface area contributed by atoms with Gasteiger partial charge in [0.2, 0.25) is 5.91 Å². The van der Waals surface area contributed by atoms with Crippen LogP contribution in [0.1, 0.15) is 19.8 Å². The number of piperidine rings is 1. The Morgan fingerprint density at radius 1 is 1.33 bits per heavy atom. The van der Waals surface area contributed by atoms with Crippen LogP contribution in [0, 0.1) is 5.92 Å². The Bertz CT molecular complexity index is 383. The van der Waals surface area contributed by atoms with Crippen LogP contribution in [0.3, 0.4) is 0 Å². The molecule has 4 heteroatoms. The standard InChI is InChI=1S/C14H20N2O2/c1-11(17)16-13-2-4-14(5-3-13)18-10-12-6-8-15-9-7-12/h2-5,12,15H,6-10H2,1H3,(H,16,17). The number of carbonyl (C=O) groups excluding carboxylic acids is 1. The van der Waals surface area contributed by atoms with Crippen LogP contribution in [0.25, 0.3) is 0 Å². The molecule has 2 N–H and O–H groups in total. The van der Waals surface area contributed by atoms with Gasteiger partial charge in [-0.05, 0) is 56.1 Å². The number of nitrogens with one attached hydrogen (secondary N) is 2. The largest absolute Gasteiger partial charge is 0.493 e. The van der Waals surface area contributed by atoms with Gasteiger partial charge in [0.1, 0.15) is 5.75 Å². The molecule has 0 saturated carbocycles. The van der Waals surface area contributed by atoms with Crippen molar-refractivity contribution >= 4 is 11.6 Å². The third kappa shape index (κ3) is 4.04. The first kappa shape index (κ1) is 12.9. The van der Waals surface area contributed by atoms with Crippen molar-refractivity contribution in [1.29, 1.82) is 0 Å². The van der Waals surface area contributed by atoms with Crippen LogP contribution in [-0.2, 0) is 4.79 Å². The predicted octanol–water partition coefficient (Wildman–Crippen LogP) is 2.02. The van der Waals surface area contributed by atoms with E-state index >= 15 is 0 Å². The molecule has 1 saturated heterocycles. The Morgan fingerprint density at radius 3 is 2.61 bits per heavy atom. The zero-order chi connectivity index (χ0) is 12.8. The normalized spacial score (nSPS) is 16.3. The molecule has 0 spiro atoms. The number of carbonyl (C=O) groups is 1. The molecule has 0 atom stereocenters. The third-order valence-corrected chi connectivity index (χ3v) is 3.12. The minimum atomic E-state index is -0.0571. The van der Waals surface area contributed by atoms with E-state index in [0.717, 1.165) is 31.1 Å². The molecule has 1 amide bonds. The molecule has 0 aliphatic carbocycles. The molecule has 1 heterocycles. The van der Waals surface area contributed by atoms with Gasteiger partial charge in [-0.25, -0.2) is 0 Å². The van der Waals surface area contributed by atoms with Crippen molar-refractivity contribution in [2.75, 3.05) is 25.0 Å². The Morgan fingerprint density at radius 2 is 2.00 bits per heavy atom. The summed E-state index contributed by atoms with van der Waals surface area (Å²) >= 11 is 0. The van der Waals surface area contributed by atoms with Crippen LogP contribution in [-0.4, -0.2) is 25.6 Å². The van der Waals surface area contributed by atoms with Crippen molar-refractivity contribution < 1.29 is 9.53 Å². The first-order valence-corrected chi connectivity index (χ1v) is 6.45. The van der Waals surface area contributed by atoms with Crippen LogP contribution in [0.2, 0.25) is 0 Å². The molecule has 1 fully saturated rings. The SMILES string of the molecule is CC(=O)Nc1ccc(OCC2CCNCC2)cc1. The average molecular weight is 248 g/mol. The summed E-state index contributed by atoms with van der Waals surface area (Å²) in [5.41, 5.74) is 0.803. The van der Waals surface area contributed by atoms with Crippen LogP contribution < -0.4 is 15.4 Å². The lowest BCUT2D eigenvalue weighted by Gasteiger charge is -2.22. The maximum atomic E-state index is 10.9. The van der Waals surface area contributed by atoms with Crippen molar-refractivity contribution in [3.05, 3.63) is 24.3 Å². The van der Waals surface area contributed by atoms with Crippen LogP contribution in [0.4, 0.5) is 5.69 Å². The van der Waals surface area contributed by atoms with E-state index in [1.54, 1.807) is 0 Å². The van der Waals surface area contributed by atoms with Gasteiger partial charge >= 0.3 is 0 Å². The molecule has 0 bridgehead atoms. The van der Waals surface area contributed by atoms with Gasteiger partial charge in [0.05, 0.1) is 6.61 Å². The number of benzene rings is 1. The van der Waals surface area contributed by atoms with Crippen LogP contribution in [0.15, 0.2) is 24.3 Å². The molecule has 1 aromatic rings. The average Bonchev–Trinajstić information content (AvgIpc) is 2.38. The Labute approximate surface area is 108 Å². The van der Waals surface area contributed by atoms with Crippen LogP contribution >= 0.6 is 0 Å². The number of amides is 1. The summed E-state index contributed by atoms with van der Waals surface area (Å²) in [6, 6.07) is 7.51. The molecule has 0 unspecified atom stereocenters. The fourth-order valence-electron chi connectivity index (χ4n) is 2.10. The Balaban J connectivity index is 1.80. The van der Waals surface area contributed by atoms with E-state index in [1.165, 1.54) is 19.8 Å². The highest BCUT2D eigenvalue weighted by molar-refractivity contribution is 5.88. The van der Waals surface area contributed by atoms with Gasteiger partial charge < -0.3 is 15.4 Å². The van der Waals surface area contributed by atoms with E-state index in [1.807, 2.05) is 24.3 Å². The van der Waals surface area contributed by atoms with E-state index in [-0.39, 0.29) is 5.91 Å². The monoisotopic (exact) mass is 248 g/mol. The van der Waals surface area contributed by atoms with Crippen molar-refractivity contribution in [3.8, 4) is 5.75 Å². The van der Waals surface area contributed by atoms with Gasteiger partial charge in [-0.1, -0.05) is 0 Å². The molecule has 0 aromatic heterocycles. The number of hydrogen-bond donors (Lipinski definition) is 2. The molecular weight excluding hydrogens is 228 g/mol. The van der Waals surface area contributed by atoms with Gasteiger partial charge in [0, 0.05) is 12.6 Å². The van der Waals surface area contributed by atoms with Gasteiger partial charge in [-0.3, -0.25) is 4.79 Å². The minimum Gasteiger partial charge on any atom is -0.493 e. The second kappa shape index (κ2) is 6.40. The van der Waals surface area contributed by atoms with E-state index in [9.17, 15) is 4.79 Å². The van der Waals surface area contributed by atoms with E-state index in [2.05, 4.69) is 10.6 Å². The van der Waals surface area contributed by atoms with Crippen molar-refractivity contribution in [1.82, 2.24) is 5.32 Å². The number of rotatable bonds is 4. The highest BCUT2D eigenvalue weighted by Crippen LogP contribution is 2.18. The molecular formula is C14H20N2O2. The molecule has 1 aliphatic heterocycles. The van der Waals surface area contributed by atoms with E-state index < -0.39 is 0 Å². The number of hydrogen-bond acceptors (Lipinski definition) is 3. The molecule has 4 nitrogen and oxygen atoms in total. The summed E-state index contributed by atoms with van der Waals surface area (Å²) in [6.07, 6.45) is 2.37. The lowest BCUT2D eigenvalue weighted by molar-refractivity contribution is -0.114. The molecule has 1 aliphatic rings. The molecule has 18 heavy (non-hydrogen) atoms. The first-order valence-electron chi connectivity index (χ1n) is 6.45. The first-order chi connectivity index (χ1) is 8.74. The molecule has 2 rings (SSSR count). The Hall–Kier alpha value is -1.55. The summed E-state index contributed by atoms with van der Waals surface area (Å²) in [7, 11) is 0. The van der Waals surface area contributed by atoms with E-state index in [4.69, 9.17) is 4.74 Å². The number of ether oxygens (including phenoxy) is 1. The second-order valence-corrected chi connectivity index (χ2v) is 4.71. The lowest BCUT2D eigenvalue weighted by Crippen LogP contribution is -2.30. The third-order valence-electron chi connectivity index (χ3n) is 3.12. The smallest absolute Gasteiger partial charge is 0.221 e. The summed E-state index contributed by atoms with van der Waals surface area (Å²) < 4.78 is 5.76. The quantitative estimate of drug-likeness (QED) is 0.857. The molecule has 1 aromatic carbocycles. The van der Waals surface area contributed by atoms with Gasteiger partial charge in [0.15, 0.2) is 0 Å². The van der Waals surface area contributed by atoms with Gasteiger partial charge in [0.25, 0.3) is 0 Å². The van der Waals surface area contributed by atoms with E-state index in [0.29, 0.717) is 5.92 Å². The zero-order valence-electron chi connectivity index (χ0n) is 10.7. The highest BCUT2D eigenvalue weighted by Gasteiger charge is 2.13. The fourth-order valence-corrected chi connectivity index (χ4v) is 2.10. The second-order valence-electron chi connectivity index (χ2n) is 4.71. The summed E-state index contributed by atoms with van der Waals surface area (Å²) in [6.45, 7) is 4.47. The highest BCUT2D eigenvalue weighted by atomic mass is 16.5. The Kier molecular flexibility index (Phi) is 4.59. The topological polar surface area (TPSA) is 50.4 Å². The van der Waals surface area contributed by atoms with Gasteiger partial charge in [-0.2, -0.15) is 0 Å². The summed E-state index contributed by atoms with van der Waals surface area (Å²) in [5, 5.41) is 6.08. The maximum absolute atomic E-state index is 10.9. The predicted molar refractivity (Wildman–Crippen MR) is 71.8 cm³/mol. The molecule has 0 radical (unpaired) electrons. The fraction of sp³-hybridized carbons (Fsp3) is 0.500. The maximum Gasteiger partial charge on any atom is 0.221 e. The number of anilines is 1. The molecule has 98 valence electrons. The van der Waals surface area contributed by atoms with Crippen LogP contribution in [0.5, 0.6) is 5.75 Å².